The summed E-state index contributed by atoms with van der Waals surface area (Å²) >= 11 is 0. The van der Waals surface area contributed by atoms with Crippen LogP contribution in [0.2, 0.25) is 0 Å². The molecule has 22 heteroatoms. The number of allylic oxidation sites excluding steroid dienone is 2. The topological polar surface area (TPSA) is 264 Å². The lowest BCUT2D eigenvalue weighted by Gasteiger charge is -2.19. The number of ether oxygens (including phenoxy) is 12. The number of carbonyl (C=O) groups excluding carboxylic acids is 4. The lowest BCUT2D eigenvalue weighted by molar-refractivity contribution is -0.137. The maximum absolute atomic E-state index is 11.4. The molecule has 0 aliphatic carbocycles. The fraction of sp³-hybridized carbons (Fsp3) is 0.833. The average molecular weight is 1110 g/mol. The van der Waals surface area contributed by atoms with E-state index in [2.05, 4.69) is 35.1 Å². The minimum absolute atomic E-state index is 0.0509. The van der Waals surface area contributed by atoms with Gasteiger partial charge < -0.3 is 88.0 Å². The van der Waals surface area contributed by atoms with Gasteiger partial charge in [-0.1, -0.05) is 80.0 Å². The number of hydrogen-bond donors (Lipinski definition) is 5. The number of hydrogen-bond acceptors (Lipinski definition) is 18. The van der Waals surface area contributed by atoms with Crippen molar-refractivity contribution < 1.29 is 85.9 Å². The van der Waals surface area contributed by atoms with Crippen molar-refractivity contribution in [2.24, 2.45) is 5.92 Å². The summed E-state index contributed by atoms with van der Waals surface area (Å²) in [5, 5.41) is 18.8. The molecular formula is C54H112N4O18. The zero-order valence-corrected chi connectivity index (χ0v) is 50.6. The van der Waals surface area contributed by atoms with E-state index in [9.17, 15) is 24.0 Å². The highest BCUT2D eigenvalue weighted by Crippen LogP contribution is 2.06. The van der Waals surface area contributed by atoms with Gasteiger partial charge >= 0.3 is 12.1 Å². The molecule has 0 atom stereocenters. The lowest BCUT2D eigenvalue weighted by atomic mass is 10.1. The van der Waals surface area contributed by atoms with E-state index in [1.165, 1.54) is 6.42 Å². The number of methoxy groups -OCH3 is 2. The smallest absolute Gasteiger partial charge is 0.407 e. The van der Waals surface area contributed by atoms with Gasteiger partial charge in [0.05, 0.1) is 132 Å². The maximum Gasteiger partial charge on any atom is 0.407 e. The number of carbonyl (C=O) groups is 5. The summed E-state index contributed by atoms with van der Waals surface area (Å²) in [6.45, 7) is 35.8. The Bertz CT molecular complexity index is 1270. The first-order chi connectivity index (χ1) is 36.3. The van der Waals surface area contributed by atoms with Crippen molar-refractivity contribution in [3.8, 4) is 0 Å². The second-order valence-corrected chi connectivity index (χ2v) is 16.3. The van der Waals surface area contributed by atoms with Crippen molar-refractivity contribution in [3.63, 3.8) is 0 Å². The van der Waals surface area contributed by atoms with Crippen LogP contribution in [-0.4, -0.2) is 220 Å². The Morgan fingerprint density at radius 3 is 1.09 bits per heavy atom. The van der Waals surface area contributed by atoms with Crippen molar-refractivity contribution in [2.45, 2.75) is 115 Å². The molecule has 0 unspecified atom stereocenters. The molecule has 22 nitrogen and oxygen atoms in total. The van der Waals surface area contributed by atoms with Crippen LogP contribution < -0.4 is 21.3 Å². The monoisotopic (exact) mass is 1100 g/mol. The van der Waals surface area contributed by atoms with Crippen LogP contribution in [-0.2, 0) is 76.0 Å². The summed E-state index contributed by atoms with van der Waals surface area (Å²) in [5.74, 6) is -0.754. The van der Waals surface area contributed by atoms with Crippen molar-refractivity contribution >= 4 is 29.7 Å². The Balaban J connectivity index is -0.000000183. The van der Waals surface area contributed by atoms with Crippen LogP contribution in [0.1, 0.15) is 109 Å². The van der Waals surface area contributed by atoms with Crippen molar-refractivity contribution in [2.75, 3.05) is 180 Å². The number of alkyl carbamates (subject to hydrolysis) is 1. The van der Waals surface area contributed by atoms with E-state index in [1.807, 2.05) is 82.5 Å². The van der Waals surface area contributed by atoms with Gasteiger partial charge in [0.1, 0.15) is 17.9 Å². The highest BCUT2D eigenvalue weighted by atomic mass is 16.6. The Morgan fingerprint density at radius 2 is 0.842 bits per heavy atom. The molecule has 456 valence electrons. The van der Waals surface area contributed by atoms with Gasteiger partial charge in [-0.15, -0.1) is 0 Å². The van der Waals surface area contributed by atoms with Gasteiger partial charge in [0.2, 0.25) is 5.91 Å². The predicted octanol–water partition coefficient (Wildman–Crippen LogP) is 6.08. The normalized spacial score (nSPS) is 10.5. The van der Waals surface area contributed by atoms with Gasteiger partial charge in [-0.2, -0.15) is 0 Å². The molecule has 0 aromatic carbocycles. The second kappa shape index (κ2) is 75.6. The van der Waals surface area contributed by atoms with E-state index < -0.39 is 17.7 Å². The minimum Gasteiger partial charge on any atom is -0.480 e. The number of ketones is 1. The molecule has 0 heterocycles. The van der Waals surface area contributed by atoms with Crippen LogP contribution in [0.4, 0.5) is 4.79 Å². The molecular weight excluding hydrogens is 993 g/mol. The van der Waals surface area contributed by atoms with Gasteiger partial charge in [0.25, 0.3) is 5.91 Å². The first-order valence-electron chi connectivity index (χ1n) is 26.7. The maximum atomic E-state index is 11.4. The van der Waals surface area contributed by atoms with E-state index in [0.717, 1.165) is 0 Å². The standard InChI is InChI=1S/C22H45NO10.C11H17NO3.C10H21NO4.C4H8O.C3H8.C2H7N.C2H6/c1-22(2,3)33-21(24)23-5-6-26-9-10-28-13-14-30-17-18-32-20-19-31-16-15-29-12-11-27-8-7-25-4;1-4-9(6-5-8(2)3)11(15)12-7-10(13)14;1-3-10(12)11-4-5-14-8-9-15-7-6-13-2;1-3-4(2)5;2*1-3-2;1-2/h5-20H2,1-4H3,(H,23,24);4-6,8H,7H2,1-3H3,(H,12,15)(H,13,14);3-9H2,1-2H3,(H,11,12);3H2,1-2H3;3H2,1-2H3;3H,1-2H3;1-2H3/b;6-5-,9-4+;;;;;. The van der Waals surface area contributed by atoms with Crippen LogP contribution in [0.15, 0.2) is 23.8 Å². The van der Waals surface area contributed by atoms with Gasteiger partial charge in [0.15, 0.2) is 0 Å². The van der Waals surface area contributed by atoms with Crippen LogP contribution in [0.3, 0.4) is 0 Å². The Labute approximate surface area is 460 Å². The number of Topliss-reactive ketones (excluding diaryl/α,β-unsaturated/α-hetero) is 1. The summed E-state index contributed by atoms with van der Waals surface area (Å²) in [6.07, 6.45) is 7.21. The molecule has 0 aromatic rings. The number of nitrogens with one attached hydrogen (secondary N) is 4. The third kappa shape index (κ3) is 99.4. The molecule has 0 spiro atoms. The fourth-order valence-electron chi connectivity index (χ4n) is 3.81. The summed E-state index contributed by atoms with van der Waals surface area (Å²) in [4.78, 5) is 53.7. The third-order valence-electron chi connectivity index (χ3n) is 7.40. The predicted molar refractivity (Wildman–Crippen MR) is 300 cm³/mol. The van der Waals surface area contributed by atoms with E-state index in [-0.39, 0.29) is 24.1 Å². The SMILES string of the molecule is C/C=C(\C=C/C(C)C)C(=O)NCC(=O)O.CC.CCC.CCC(=O)NCCOCCOCCOC.CCC(C)=O.CNC.COCCOCCOCCOCCOCCOCCOCCOCCNC(=O)OC(C)(C)C. The van der Waals surface area contributed by atoms with Gasteiger partial charge in [0, 0.05) is 45.7 Å². The Morgan fingerprint density at radius 1 is 0.539 bits per heavy atom. The Kier molecular flexibility index (Phi) is 85.8. The summed E-state index contributed by atoms with van der Waals surface area (Å²) in [6, 6.07) is 0. The quantitative estimate of drug-likeness (QED) is 0.0265. The minimum atomic E-state index is -1.05. The summed E-state index contributed by atoms with van der Waals surface area (Å²) in [7, 11) is 7.03. The van der Waals surface area contributed by atoms with E-state index >= 15 is 0 Å². The average Bonchev–Trinajstić information content (AvgIpc) is 3.37. The fourth-order valence-corrected chi connectivity index (χ4v) is 3.81. The van der Waals surface area contributed by atoms with E-state index in [1.54, 1.807) is 40.2 Å². The van der Waals surface area contributed by atoms with E-state index in [0.29, 0.717) is 170 Å². The summed E-state index contributed by atoms with van der Waals surface area (Å²) in [5.41, 5.74) is -0.0253. The molecule has 0 aliphatic heterocycles. The molecule has 76 heavy (non-hydrogen) atoms. The first kappa shape index (κ1) is 86.2. The molecule has 5 N–H and O–H groups in total. The second-order valence-electron chi connectivity index (χ2n) is 16.3. The largest absolute Gasteiger partial charge is 0.480 e. The van der Waals surface area contributed by atoms with Gasteiger partial charge in [-0.25, -0.2) is 4.79 Å². The molecule has 0 aromatic heterocycles. The van der Waals surface area contributed by atoms with E-state index in [4.69, 9.17) is 61.9 Å². The third-order valence-corrected chi connectivity index (χ3v) is 7.40. The van der Waals surface area contributed by atoms with Crippen molar-refractivity contribution in [1.82, 2.24) is 21.3 Å². The molecule has 0 radical (unpaired) electrons. The molecule has 0 saturated heterocycles. The highest BCUT2D eigenvalue weighted by Gasteiger charge is 2.15. The van der Waals surface area contributed by atoms with Crippen LogP contribution >= 0.6 is 0 Å². The molecule has 0 rings (SSSR count). The van der Waals surface area contributed by atoms with Gasteiger partial charge in [-0.3, -0.25) is 14.4 Å². The van der Waals surface area contributed by atoms with Crippen LogP contribution in [0.5, 0.6) is 0 Å². The van der Waals surface area contributed by atoms with Crippen molar-refractivity contribution in [3.05, 3.63) is 23.8 Å². The van der Waals surface area contributed by atoms with Crippen molar-refractivity contribution in [1.29, 1.82) is 0 Å². The number of carboxylic acid groups (broad SMARTS) is 1. The number of aliphatic carboxylic acids is 1. The van der Waals surface area contributed by atoms with Crippen LogP contribution in [0, 0.1) is 5.92 Å². The molecule has 3 amide bonds. The van der Waals surface area contributed by atoms with Crippen LogP contribution in [0.25, 0.3) is 0 Å². The number of carboxylic acids is 1. The number of rotatable bonds is 40. The highest BCUT2D eigenvalue weighted by molar-refractivity contribution is 5.97. The van der Waals surface area contributed by atoms with Gasteiger partial charge in [-0.05, 0) is 54.6 Å². The number of amides is 3. The zero-order valence-electron chi connectivity index (χ0n) is 50.6. The lowest BCUT2D eigenvalue weighted by Crippen LogP contribution is -2.34. The molecule has 0 fully saturated rings. The Hall–Kier alpha value is -3.65. The summed E-state index contributed by atoms with van der Waals surface area (Å²) < 4.78 is 62.9. The molecule has 0 bridgehead atoms. The molecule has 0 aliphatic rings. The zero-order chi connectivity index (χ0) is 59.4. The first-order valence-corrected chi connectivity index (χ1v) is 26.7. The molecule has 0 saturated carbocycles.